The van der Waals surface area contributed by atoms with E-state index >= 15 is 0 Å². The monoisotopic (exact) mass is 315 g/mol. The quantitative estimate of drug-likeness (QED) is 0.796. The lowest BCUT2D eigenvalue weighted by Crippen LogP contribution is -2.30. The van der Waals surface area contributed by atoms with Crippen LogP contribution in [0.15, 0.2) is 18.2 Å². The van der Waals surface area contributed by atoms with Gasteiger partial charge in [-0.25, -0.2) is 8.42 Å². The van der Waals surface area contributed by atoms with Crippen molar-refractivity contribution in [2.75, 3.05) is 27.0 Å². The van der Waals surface area contributed by atoms with Gasteiger partial charge in [-0.1, -0.05) is 6.92 Å². The third kappa shape index (κ3) is 4.35. The Bertz CT molecular complexity index is 557. The summed E-state index contributed by atoms with van der Waals surface area (Å²) in [6, 6.07) is 5.05. The van der Waals surface area contributed by atoms with Crippen LogP contribution in [0.3, 0.4) is 0 Å². The molecular formula is C15H25NO4S. The molecule has 1 aromatic carbocycles. The summed E-state index contributed by atoms with van der Waals surface area (Å²) in [5.41, 5.74) is 0.784. The van der Waals surface area contributed by atoms with E-state index in [0.29, 0.717) is 17.9 Å². The fraction of sp³-hybridized carbons (Fsp3) is 0.600. The average molecular weight is 315 g/mol. The highest BCUT2D eigenvalue weighted by molar-refractivity contribution is 7.92. The van der Waals surface area contributed by atoms with E-state index in [1.807, 2.05) is 13.0 Å². The second kappa shape index (κ2) is 7.66. The lowest BCUT2D eigenvalue weighted by Gasteiger charge is -2.21. The van der Waals surface area contributed by atoms with E-state index in [9.17, 15) is 8.42 Å². The number of rotatable bonds is 8. The smallest absolute Gasteiger partial charge is 0.154 e. The molecule has 2 unspecified atom stereocenters. The Kier molecular flexibility index (Phi) is 6.48. The van der Waals surface area contributed by atoms with Crippen LogP contribution in [0.25, 0.3) is 0 Å². The molecule has 0 fully saturated rings. The Morgan fingerprint density at radius 2 is 1.90 bits per heavy atom. The zero-order chi connectivity index (χ0) is 16.0. The van der Waals surface area contributed by atoms with E-state index in [4.69, 9.17) is 9.47 Å². The lowest BCUT2D eigenvalue weighted by molar-refractivity contribution is 0.393. The largest absolute Gasteiger partial charge is 0.497 e. The first kappa shape index (κ1) is 17.8. The normalized spacial score (nSPS) is 14.5. The summed E-state index contributed by atoms with van der Waals surface area (Å²) in [5, 5.41) is 2.71. The van der Waals surface area contributed by atoms with Crippen LogP contribution >= 0.6 is 0 Å². The molecule has 1 N–H and O–H groups in total. The van der Waals surface area contributed by atoms with Crippen molar-refractivity contribution in [3.05, 3.63) is 23.8 Å². The number of methoxy groups -OCH3 is 2. The first-order valence-electron chi connectivity index (χ1n) is 7.00. The van der Waals surface area contributed by atoms with Crippen LogP contribution in [0.4, 0.5) is 0 Å². The third-order valence-electron chi connectivity index (χ3n) is 3.75. The number of ether oxygens (including phenoxy) is 2. The Morgan fingerprint density at radius 3 is 2.38 bits per heavy atom. The molecule has 0 spiro atoms. The van der Waals surface area contributed by atoms with Crippen molar-refractivity contribution in [2.45, 2.75) is 31.6 Å². The van der Waals surface area contributed by atoms with Gasteiger partial charge in [0.1, 0.15) is 11.5 Å². The third-order valence-corrected chi connectivity index (χ3v) is 6.11. The molecule has 5 nitrogen and oxygen atoms in total. The van der Waals surface area contributed by atoms with E-state index in [2.05, 4.69) is 5.32 Å². The minimum Gasteiger partial charge on any atom is -0.497 e. The fourth-order valence-electron chi connectivity index (χ4n) is 2.09. The molecule has 0 aliphatic heterocycles. The zero-order valence-electron chi connectivity index (χ0n) is 13.3. The summed E-state index contributed by atoms with van der Waals surface area (Å²) >= 11 is 0. The van der Waals surface area contributed by atoms with Crippen LogP contribution < -0.4 is 14.8 Å². The number of sulfone groups is 1. The lowest BCUT2D eigenvalue weighted by atomic mass is 10.1. The van der Waals surface area contributed by atoms with Gasteiger partial charge in [0.2, 0.25) is 0 Å². The van der Waals surface area contributed by atoms with Gasteiger partial charge in [-0.15, -0.1) is 0 Å². The maximum absolute atomic E-state index is 12.3. The number of hydrogen-bond acceptors (Lipinski definition) is 5. The van der Waals surface area contributed by atoms with Gasteiger partial charge in [0.15, 0.2) is 9.84 Å². The molecule has 1 rings (SSSR count). The average Bonchev–Trinajstić information content (AvgIpc) is 2.50. The Balaban J connectivity index is 3.15. The molecule has 2 atom stereocenters. The van der Waals surface area contributed by atoms with Crippen molar-refractivity contribution in [1.29, 1.82) is 0 Å². The molecule has 120 valence electrons. The molecule has 0 aliphatic rings. The van der Waals surface area contributed by atoms with Gasteiger partial charge in [0.25, 0.3) is 0 Å². The highest BCUT2D eigenvalue weighted by Crippen LogP contribution is 2.30. The Labute approximate surface area is 127 Å². The van der Waals surface area contributed by atoms with Crippen LogP contribution in [0.5, 0.6) is 11.5 Å². The van der Waals surface area contributed by atoms with Crippen molar-refractivity contribution < 1.29 is 17.9 Å². The van der Waals surface area contributed by atoms with Gasteiger partial charge in [0.05, 0.1) is 25.2 Å². The minimum absolute atomic E-state index is 0.0298. The summed E-state index contributed by atoms with van der Waals surface area (Å²) in [6.07, 6.45) is 0.605. The number of hydrogen-bond donors (Lipinski definition) is 1. The van der Waals surface area contributed by atoms with E-state index in [-0.39, 0.29) is 17.0 Å². The predicted molar refractivity (Wildman–Crippen MR) is 84.9 cm³/mol. The Hall–Kier alpha value is -1.27. The topological polar surface area (TPSA) is 64.6 Å². The van der Waals surface area contributed by atoms with Crippen LogP contribution in [0, 0.1) is 0 Å². The Morgan fingerprint density at radius 1 is 1.24 bits per heavy atom. The van der Waals surface area contributed by atoms with Gasteiger partial charge >= 0.3 is 0 Å². The van der Waals surface area contributed by atoms with Crippen molar-refractivity contribution in [3.8, 4) is 11.5 Å². The van der Waals surface area contributed by atoms with Gasteiger partial charge in [0, 0.05) is 11.6 Å². The predicted octanol–water partition coefficient (Wildman–Crippen LogP) is 2.18. The molecule has 1 aromatic rings. The zero-order valence-corrected chi connectivity index (χ0v) is 14.2. The molecule has 0 aromatic heterocycles. The van der Waals surface area contributed by atoms with Gasteiger partial charge in [-0.3, -0.25) is 0 Å². The highest BCUT2D eigenvalue weighted by atomic mass is 32.2. The SMILES string of the molecule is CCC(C)S(=O)(=O)CC(NC)c1cc(OC)ccc1OC. The van der Waals surface area contributed by atoms with E-state index in [0.717, 1.165) is 5.56 Å². The van der Waals surface area contributed by atoms with Gasteiger partial charge in [-0.2, -0.15) is 0 Å². The first-order chi connectivity index (χ1) is 9.89. The molecule has 0 saturated carbocycles. The van der Waals surface area contributed by atoms with Crippen molar-refractivity contribution in [3.63, 3.8) is 0 Å². The second-order valence-electron chi connectivity index (χ2n) is 5.00. The van der Waals surface area contributed by atoms with Crippen LogP contribution in [-0.4, -0.2) is 40.7 Å². The molecule has 0 radical (unpaired) electrons. The number of nitrogens with one attached hydrogen (secondary N) is 1. The summed E-state index contributed by atoms with van der Waals surface area (Å²) in [7, 11) is 1.72. The van der Waals surface area contributed by atoms with Crippen molar-refractivity contribution in [1.82, 2.24) is 5.32 Å². The summed E-state index contributed by atoms with van der Waals surface area (Å²) < 4.78 is 35.2. The van der Waals surface area contributed by atoms with Crippen molar-refractivity contribution in [2.24, 2.45) is 0 Å². The number of benzene rings is 1. The molecule has 0 heterocycles. The second-order valence-corrected chi connectivity index (χ2v) is 7.46. The molecular weight excluding hydrogens is 290 g/mol. The first-order valence-corrected chi connectivity index (χ1v) is 8.71. The van der Waals surface area contributed by atoms with E-state index in [1.165, 1.54) is 0 Å². The van der Waals surface area contributed by atoms with Crippen molar-refractivity contribution >= 4 is 9.84 Å². The van der Waals surface area contributed by atoms with Crippen LogP contribution in [0.1, 0.15) is 31.9 Å². The summed E-state index contributed by atoms with van der Waals surface area (Å²) in [5.74, 6) is 1.35. The summed E-state index contributed by atoms with van der Waals surface area (Å²) in [4.78, 5) is 0. The molecule has 21 heavy (non-hydrogen) atoms. The van der Waals surface area contributed by atoms with E-state index in [1.54, 1.807) is 40.3 Å². The van der Waals surface area contributed by atoms with Crippen LogP contribution in [-0.2, 0) is 9.84 Å². The molecule has 0 amide bonds. The van der Waals surface area contributed by atoms with Crippen LogP contribution in [0.2, 0.25) is 0 Å². The fourth-order valence-corrected chi connectivity index (χ4v) is 3.74. The minimum atomic E-state index is -3.17. The van der Waals surface area contributed by atoms with E-state index < -0.39 is 9.84 Å². The summed E-state index contributed by atoms with van der Waals surface area (Å²) in [6.45, 7) is 3.62. The molecule has 6 heteroatoms. The maximum atomic E-state index is 12.3. The molecule has 0 saturated heterocycles. The standard InChI is InChI=1S/C15H25NO4S/c1-6-11(2)21(17,18)10-14(16-3)13-9-12(19-4)7-8-15(13)20-5/h7-9,11,14,16H,6,10H2,1-5H3. The van der Waals surface area contributed by atoms with Gasteiger partial charge < -0.3 is 14.8 Å². The maximum Gasteiger partial charge on any atom is 0.154 e. The molecule has 0 bridgehead atoms. The van der Waals surface area contributed by atoms with Gasteiger partial charge in [-0.05, 0) is 38.6 Å². The highest BCUT2D eigenvalue weighted by Gasteiger charge is 2.26. The molecule has 0 aliphatic carbocycles.